The third kappa shape index (κ3) is 2.71. The van der Waals surface area contributed by atoms with Crippen LogP contribution in [0.15, 0.2) is 46.8 Å². The second-order valence-electron chi connectivity index (χ2n) is 3.49. The molecule has 0 aliphatic heterocycles. The Morgan fingerprint density at radius 1 is 1.25 bits per heavy atom. The zero-order valence-corrected chi connectivity index (χ0v) is 10.5. The molecule has 2 rings (SSSR count). The lowest BCUT2D eigenvalue weighted by Gasteiger charge is -2.02. The van der Waals surface area contributed by atoms with Crippen LogP contribution in [0.1, 0.15) is 23.4 Å². The van der Waals surface area contributed by atoms with Gasteiger partial charge in [0.25, 0.3) is 0 Å². The Labute approximate surface area is 104 Å². The molecule has 0 saturated carbocycles. The zero-order chi connectivity index (χ0) is 11.4. The third-order valence-electron chi connectivity index (χ3n) is 2.30. The molecule has 0 spiro atoms. The summed E-state index contributed by atoms with van der Waals surface area (Å²) in [7, 11) is 0. The Bertz CT molecular complexity index is 476. The van der Waals surface area contributed by atoms with Gasteiger partial charge in [-0.3, -0.25) is 4.99 Å². The molecule has 3 heteroatoms. The van der Waals surface area contributed by atoms with Crippen molar-refractivity contribution in [2.24, 2.45) is 4.99 Å². The molecule has 1 heterocycles. The van der Waals surface area contributed by atoms with E-state index in [1.165, 1.54) is 4.88 Å². The van der Waals surface area contributed by atoms with Gasteiger partial charge in [-0.05, 0) is 24.4 Å². The predicted molar refractivity (Wildman–Crippen MR) is 71.8 cm³/mol. The minimum Gasteiger partial charge on any atom is -0.284 e. The summed E-state index contributed by atoms with van der Waals surface area (Å²) in [5.41, 5.74) is 0.965. The molecule has 2 aromatic rings. The summed E-state index contributed by atoms with van der Waals surface area (Å²) in [5, 5.41) is 2.81. The first kappa shape index (κ1) is 11.4. The van der Waals surface area contributed by atoms with Crippen molar-refractivity contribution in [1.82, 2.24) is 0 Å². The lowest BCUT2D eigenvalue weighted by Crippen LogP contribution is -1.88. The van der Waals surface area contributed by atoms with Gasteiger partial charge in [0.15, 0.2) is 0 Å². The number of thiophene rings is 1. The van der Waals surface area contributed by atoms with E-state index in [2.05, 4.69) is 23.4 Å². The quantitative estimate of drug-likeness (QED) is 0.706. The number of halogens is 1. The summed E-state index contributed by atoms with van der Waals surface area (Å²) in [6.45, 7) is 2.08. The molecule has 1 nitrogen and oxygen atoms in total. The summed E-state index contributed by atoms with van der Waals surface area (Å²) in [6, 6.07) is 12.1. The van der Waals surface area contributed by atoms with Crippen molar-refractivity contribution in [2.75, 3.05) is 0 Å². The van der Waals surface area contributed by atoms with E-state index in [1.807, 2.05) is 36.5 Å². The van der Waals surface area contributed by atoms with Crippen molar-refractivity contribution in [3.63, 3.8) is 0 Å². The van der Waals surface area contributed by atoms with Gasteiger partial charge in [0.2, 0.25) is 0 Å². The van der Waals surface area contributed by atoms with Crippen molar-refractivity contribution >= 4 is 29.2 Å². The largest absolute Gasteiger partial charge is 0.284 e. The van der Waals surface area contributed by atoms with Gasteiger partial charge in [-0.25, -0.2) is 0 Å². The van der Waals surface area contributed by atoms with Crippen LogP contribution in [0.3, 0.4) is 0 Å². The molecular weight excluding hydrogens is 238 g/mol. The summed E-state index contributed by atoms with van der Waals surface area (Å²) < 4.78 is 0. The predicted octanol–water partition coefficient (Wildman–Crippen LogP) is 4.58. The molecule has 1 atom stereocenters. The Balaban J connectivity index is 2.13. The molecule has 0 saturated heterocycles. The smallest absolute Gasteiger partial charge is 0.0813 e. The lowest BCUT2D eigenvalue weighted by atomic mass is 10.2. The molecule has 16 heavy (non-hydrogen) atoms. The van der Waals surface area contributed by atoms with Crippen LogP contribution >= 0.6 is 22.9 Å². The number of rotatable bonds is 3. The molecular formula is C13H12ClNS. The molecule has 1 aromatic heterocycles. The Morgan fingerprint density at radius 3 is 2.75 bits per heavy atom. The maximum absolute atomic E-state index is 6.04. The highest BCUT2D eigenvalue weighted by Gasteiger charge is 2.02. The lowest BCUT2D eigenvalue weighted by molar-refractivity contribution is 0.845. The van der Waals surface area contributed by atoms with E-state index >= 15 is 0 Å². The molecule has 0 amide bonds. The molecule has 0 aliphatic carbocycles. The zero-order valence-electron chi connectivity index (χ0n) is 8.93. The average molecular weight is 250 g/mol. The van der Waals surface area contributed by atoms with Crippen molar-refractivity contribution in [3.05, 3.63) is 57.2 Å². The van der Waals surface area contributed by atoms with E-state index in [1.54, 1.807) is 11.3 Å². The highest BCUT2D eigenvalue weighted by molar-refractivity contribution is 7.10. The van der Waals surface area contributed by atoms with Crippen LogP contribution in [0.25, 0.3) is 0 Å². The second kappa shape index (κ2) is 5.28. The fraction of sp³-hybridized carbons (Fsp3) is 0.154. The molecule has 0 bridgehead atoms. The first-order valence-corrected chi connectivity index (χ1v) is 6.34. The third-order valence-corrected chi connectivity index (χ3v) is 3.68. The van der Waals surface area contributed by atoms with Crippen LogP contribution in [-0.4, -0.2) is 6.21 Å². The Kier molecular flexibility index (Phi) is 3.75. The maximum Gasteiger partial charge on any atom is 0.0813 e. The van der Waals surface area contributed by atoms with Crippen molar-refractivity contribution in [1.29, 1.82) is 0 Å². The van der Waals surface area contributed by atoms with Gasteiger partial charge in [-0.1, -0.05) is 35.9 Å². The summed E-state index contributed by atoms with van der Waals surface area (Å²) in [5.74, 6) is 0. The minimum absolute atomic E-state index is 0.191. The molecule has 0 aliphatic rings. The normalized spacial score (nSPS) is 13.1. The number of benzene rings is 1. The van der Waals surface area contributed by atoms with Crippen LogP contribution in [0, 0.1) is 0 Å². The topological polar surface area (TPSA) is 12.4 Å². The molecule has 0 fully saturated rings. The number of aliphatic imine (C=N–C) groups is 1. The van der Waals surface area contributed by atoms with E-state index < -0.39 is 0 Å². The van der Waals surface area contributed by atoms with Gasteiger partial charge < -0.3 is 0 Å². The van der Waals surface area contributed by atoms with E-state index in [4.69, 9.17) is 11.6 Å². The molecule has 0 N–H and O–H groups in total. The molecule has 82 valence electrons. The number of nitrogens with zero attached hydrogens (tertiary/aromatic N) is 1. The average Bonchev–Trinajstić information content (AvgIpc) is 2.81. The first-order chi connectivity index (χ1) is 7.77. The van der Waals surface area contributed by atoms with Crippen LogP contribution in [0.5, 0.6) is 0 Å². The highest BCUT2D eigenvalue weighted by Crippen LogP contribution is 2.22. The van der Waals surface area contributed by atoms with Crippen molar-refractivity contribution in [2.45, 2.75) is 13.0 Å². The van der Waals surface area contributed by atoms with E-state index in [0.29, 0.717) is 0 Å². The van der Waals surface area contributed by atoms with Crippen molar-refractivity contribution in [3.8, 4) is 0 Å². The van der Waals surface area contributed by atoms with Crippen LogP contribution in [0.2, 0.25) is 5.02 Å². The minimum atomic E-state index is 0.191. The van der Waals surface area contributed by atoms with Gasteiger partial charge in [0.1, 0.15) is 0 Å². The Morgan fingerprint density at radius 2 is 2.06 bits per heavy atom. The monoisotopic (exact) mass is 249 g/mol. The van der Waals surface area contributed by atoms with Gasteiger partial charge in [0, 0.05) is 21.7 Å². The molecule has 1 aromatic carbocycles. The van der Waals surface area contributed by atoms with E-state index in [-0.39, 0.29) is 6.04 Å². The summed E-state index contributed by atoms with van der Waals surface area (Å²) in [4.78, 5) is 5.77. The second-order valence-corrected chi connectivity index (χ2v) is 4.88. The summed E-state index contributed by atoms with van der Waals surface area (Å²) >= 11 is 7.77. The van der Waals surface area contributed by atoms with Gasteiger partial charge in [0.05, 0.1) is 6.04 Å². The SMILES string of the molecule is CC(N=Cc1ccccc1Cl)c1cccs1. The number of hydrogen-bond acceptors (Lipinski definition) is 2. The van der Waals surface area contributed by atoms with Crippen molar-refractivity contribution < 1.29 is 0 Å². The fourth-order valence-corrected chi connectivity index (χ4v) is 2.29. The maximum atomic E-state index is 6.04. The molecule has 0 radical (unpaired) electrons. The van der Waals surface area contributed by atoms with Crippen LogP contribution in [0.4, 0.5) is 0 Å². The van der Waals surface area contributed by atoms with E-state index in [9.17, 15) is 0 Å². The van der Waals surface area contributed by atoms with Crippen LogP contribution in [-0.2, 0) is 0 Å². The summed E-state index contributed by atoms with van der Waals surface area (Å²) in [6.07, 6.45) is 1.84. The highest BCUT2D eigenvalue weighted by atomic mass is 35.5. The number of hydrogen-bond donors (Lipinski definition) is 0. The van der Waals surface area contributed by atoms with Gasteiger partial charge >= 0.3 is 0 Å². The Hall–Kier alpha value is -1.12. The molecule has 1 unspecified atom stereocenters. The van der Waals surface area contributed by atoms with Gasteiger partial charge in [-0.15, -0.1) is 11.3 Å². The van der Waals surface area contributed by atoms with E-state index in [0.717, 1.165) is 10.6 Å². The van der Waals surface area contributed by atoms with Crippen LogP contribution < -0.4 is 0 Å². The first-order valence-electron chi connectivity index (χ1n) is 5.08. The fourth-order valence-electron chi connectivity index (χ4n) is 1.37. The standard InChI is InChI=1S/C13H12ClNS/c1-10(13-7-4-8-16-13)15-9-11-5-2-3-6-12(11)14/h2-10H,1H3. The van der Waals surface area contributed by atoms with Gasteiger partial charge in [-0.2, -0.15) is 0 Å².